The Morgan fingerprint density at radius 2 is 1.60 bits per heavy atom. The third-order valence-corrected chi connectivity index (χ3v) is 2.98. The summed E-state index contributed by atoms with van der Waals surface area (Å²) in [5.74, 6) is 0. The predicted molar refractivity (Wildman–Crippen MR) is 65.2 cm³/mol. The van der Waals surface area contributed by atoms with Crippen molar-refractivity contribution in [3.63, 3.8) is 0 Å². The Bertz CT molecular complexity index is 134. The van der Waals surface area contributed by atoms with E-state index < -0.39 is 0 Å². The van der Waals surface area contributed by atoms with Crippen LogP contribution in [0.4, 0.5) is 0 Å². The first kappa shape index (κ1) is 13.0. The van der Waals surface area contributed by atoms with E-state index in [0.717, 1.165) is 13.2 Å². The highest BCUT2D eigenvalue weighted by Crippen LogP contribution is 2.08. The van der Waals surface area contributed by atoms with Crippen LogP contribution in [0.1, 0.15) is 58.3 Å². The molecule has 1 aliphatic heterocycles. The normalized spacial score (nSPS) is 19.4. The molecular formula is C13H27NO. The van der Waals surface area contributed by atoms with E-state index in [1.54, 1.807) is 0 Å². The highest BCUT2D eigenvalue weighted by molar-refractivity contribution is 4.71. The largest absolute Gasteiger partial charge is 0.372 e. The lowest BCUT2D eigenvalue weighted by molar-refractivity contribution is 0.395. The maximum Gasteiger partial charge on any atom is 0.0933 e. The second-order valence-electron chi connectivity index (χ2n) is 4.63. The molecule has 0 saturated carbocycles. The molecular weight excluding hydrogens is 186 g/mol. The molecule has 0 aromatic heterocycles. The molecule has 2 nitrogen and oxygen atoms in total. The molecule has 1 fully saturated rings. The van der Waals surface area contributed by atoms with E-state index in [2.05, 4.69) is 12.2 Å². The third kappa shape index (κ3) is 8.88. The average Bonchev–Trinajstić information content (AvgIpc) is 3.05. The van der Waals surface area contributed by atoms with Crippen LogP contribution >= 0.6 is 0 Å². The molecule has 1 heterocycles. The fourth-order valence-corrected chi connectivity index (χ4v) is 1.83. The first-order valence-corrected chi connectivity index (χ1v) is 6.76. The number of ether oxygens (including phenoxy) is 1. The molecule has 15 heavy (non-hydrogen) atoms. The Morgan fingerprint density at radius 3 is 2.20 bits per heavy atom. The lowest BCUT2D eigenvalue weighted by Gasteiger charge is -2.03. The van der Waals surface area contributed by atoms with Crippen LogP contribution in [-0.4, -0.2) is 25.8 Å². The zero-order valence-electron chi connectivity index (χ0n) is 10.3. The molecule has 1 N–H and O–H groups in total. The SMILES string of the molecule is CCCCCCCCCCNCC1CO1. The van der Waals surface area contributed by atoms with Gasteiger partial charge in [-0.2, -0.15) is 0 Å². The molecule has 0 spiro atoms. The van der Waals surface area contributed by atoms with Crippen molar-refractivity contribution in [2.24, 2.45) is 0 Å². The lowest BCUT2D eigenvalue weighted by Crippen LogP contribution is -2.20. The minimum Gasteiger partial charge on any atom is -0.372 e. The fraction of sp³-hybridized carbons (Fsp3) is 1.00. The molecule has 2 heteroatoms. The van der Waals surface area contributed by atoms with E-state index in [-0.39, 0.29) is 0 Å². The molecule has 0 amide bonds. The summed E-state index contributed by atoms with van der Waals surface area (Å²) in [4.78, 5) is 0. The van der Waals surface area contributed by atoms with Crippen molar-refractivity contribution in [1.82, 2.24) is 5.32 Å². The first-order chi connectivity index (χ1) is 7.43. The summed E-state index contributed by atoms with van der Waals surface area (Å²) in [6.45, 7) is 5.49. The van der Waals surface area contributed by atoms with Gasteiger partial charge in [0, 0.05) is 6.54 Å². The summed E-state index contributed by atoms with van der Waals surface area (Å²) in [7, 11) is 0. The van der Waals surface area contributed by atoms with Gasteiger partial charge in [-0.3, -0.25) is 0 Å². The van der Waals surface area contributed by atoms with Gasteiger partial charge in [0.1, 0.15) is 0 Å². The summed E-state index contributed by atoms with van der Waals surface area (Å²) in [6, 6.07) is 0. The van der Waals surface area contributed by atoms with Gasteiger partial charge in [-0.1, -0.05) is 51.9 Å². The number of rotatable bonds is 11. The minimum atomic E-state index is 0.541. The average molecular weight is 213 g/mol. The molecule has 1 rings (SSSR count). The Kier molecular flexibility index (Phi) is 7.94. The van der Waals surface area contributed by atoms with Gasteiger partial charge in [0.25, 0.3) is 0 Å². The number of hydrogen-bond donors (Lipinski definition) is 1. The smallest absolute Gasteiger partial charge is 0.0933 e. The molecule has 1 unspecified atom stereocenters. The summed E-state index contributed by atoms with van der Waals surface area (Å²) in [5, 5.41) is 3.43. The lowest BCUT2D eigenvalue weighted by atomic mass is 10.1. The van der Waals surface area contributed by atoms with Gasteiger partial charge in [0.2, 0.25) is 0 Å². The van der Waals surface area contributed by atoms with Crippen LogP contribution in [0.15, 0.2) is 0 Å². The predicted octanol–water partition coefficient (Wildman–Crippen LogP) is 3.12. The molecule has 90 valence electrons. The molecule has 1 aliphatic rings. The van der Waals surface area contributed by atoms with Gasteiger partial charge in [-0.05, 0) is 13.0 Å². The van der Waals surface area contributed by atoms with Crippen molar-refractivity contribution in [1.29, 1.82) is 0 Å². The van der Waals surface area contributed by atoms with Crippen LogP contribution in [0.3, 0.4) is 0 Å². The van der Waals surface area contributed by atoms with Crippen molar-refractivity contribution >= 4 is 0 Å². The van der Waals surface area contributed by atoms with Gasteiger partial charge in [0.15, 0.2) is 0 Å². The second kappa shape index (κ2) is 9.17. The van der Waals surface area contributed by atoms with Crippen molar-refractivity contribution in [3.8, 4) is 0 Å². The zero-order chi connectivity index (χ0) is 10.8. The Labute approximate surface area is 94.8 Å². The van der Waals surface area contributed by atoms with Crippen LogP contribution in [0.5, 0.6) is 0 Å². The van der Waals surface area contributed by atoms with Crippen LogP contribution in [0.25, 0.3) is 0 Å². The van der Waals surface area contributed by atoms with Gasteiger partial charge >= 0.3 is 0 Å². The van der Waals surface area contributed by atoms with Gasteiger partial charge in [-0.25, -0.2) is 0 Å². The molecule has 0 aliphatic carbocycles. The van der Waals surface area contributed by atoms with E-state index >= 15 is 0 Å². The number of hydrogen-bond acceptors (Lipinski definition) is 2. The molecule has 1 saturated heterocycles. The van der Waals surface area contributed by atoms with E-state index in [9.17, 15) is 0 Å². The topological polar surface area (TPSA) is 24.6 Å². The summed E-state index contributed by atoms with van der Waals surface area (Å²) >= 11 is 0. The molecule has 0 bridgehead atoms. The number of unbranched alkanes of at least 4 members (excludes halogenated alkanes) is 7. The van der Waals surface area contributed by atoms with Crippen molar-refractivity contribution in [2.75, 3.05) is 19.7 Å². The standard InChI is InChI=1S/C13H27NO/c1-2-3-4-5-6-7-8-9-10-14-11-13-12-15-13/h13-14H,2-12H2,1H3. The highest BCUT2D eigenvalue weighted by Gasteiger charge is 2.20. The molecule has 0 aromatic rings. The van der Waals surface area contributed by atoms with Crippen LogP contribution in [0, 0.1) is 0 Å². The van der Waals surface area contributed by atoms with E-state index in [0.29, 0.717) is 6.10 Å². The molecule has 1 atom stereocenters. The maximum absolute atomic E-state index is 5.13. The van der Waals surface area contributed by atoms with E-state index in [1.807, 2.05) is 0 Å². The summed E-state index contributed by atoms with van der Waals surface area (Å²) < 4.78 is 5.13. The minimum absolute atomic E-state index is 0.541. The monoisotopic (exact) mass is 213 g/mol. The number of nitrogens with one attached hydrogen (secondary N) is 1. The summed E-state index contributed by atoms with van der Waals surface area (Å²) in [5.41, 5.74) is 0. The van der Waals surface area contributed by atoms with Crippen LogP contribution in [0.2, 0.25) is 0 Å². The Balaban J connectivity index is 1.62. The van der Waals surface area contributed by atoms with Gasteiger partial charge in [-0.15, -0.1) is 0 Å². The highest BCUT2D eigenvalue weighted by atomic mass is 16.6. The first-order valence-electron chi connectivity index (χ1n) is 6.76. The maximum atomic E-state index is 5.13. The quantitative estimate of drug-likeness (QED) is 0.421. The van der Waals surface area contributed by atoms with Gasteiger partial charge in [0.05, 0.1) is 12.7 Å². The zero-order valence-corrected chi connectivity index (χ0v) is 10.3. The van der Waals surface area contributed by atoms with E-state index in [1.165, 1.54) is 57.9 Å². The third-order valence-electron chi connectivity index (χ3n) is 2.98. The second-order valence-corrected chi connectivity index (χ2v) is 4.63. The fourth-order valence-electron chi connectivity index (χ4n) is 1.83. The van der Waals surface area contributed by atoms with E-state index in [4.69, 9.17) is 4.74 Å². The molecule has 0 radical (unpaired) electrons. The van der Waals surface area contributed by atoms with Crippen molar-refractivity contribution in [3.05, 3.63) is 0 Å². The Hall–Kier alpha value is -0.0800. The van der Waals surface area contributed by atoms with Crippen LogP contribution in [-0.2, 0) is 4.74 Å². The van der Waals surface area contributed by atoms with Crippen molar-refractivity contribution in [2.45, 2.75) is 64.4 Å². The summed E-state index contributed by atoms with van der Waals surface area (Å²) in [6.07, 6.45) is 11.8. The Morgan fingerprint density at radius 1 is 1.00 bits per heavy atom. The van der Waals surface area contributed by atoms with Gasteiger partial charge < -0.3 is 10.1 Å². The van der Waals surface area contributed by atoms with Crippen molar-refractivity contribution < 1.29 is 4.74 Å². The number of epoxide rings is 1. The van der Waals surface area contributed by atoms with Crippen LogP contribution < -0.4 is 5.32 Å². The molecule has 0 aromatic carbocycles.